The minimum atomic E-state index is 0.423. The Balaban J connectivity index is 1.90. The van der Waals surface area contributed by atoms with E-state index in [4.69, 9.17) is 33.2 Å². The highest BCUT2D eigenvalue weighted by molar-refractivity contribution is 7.99. The van der Waals surface area contributed by atoms with Crippen LogP contribution in [0.1, 0.15) is 5.56 Å². The highest BCUT2D eigenvalue weighted by Crippen LogP contribution is 2.35. The Kier molecular flexibility index (Phi) is 5.82. The molecule has 1 heterocycles. The molecule has 3 aromatic carbocycles. The summed E-state index contributed by atoms with van der Waals surface area (Å²) in [6.45, 7) is 0. The second kappa shape index (κ2) is 8.67. The molecule has 0 radical (unpaired) electrons. The van der Waals surface area contributed by atoms with Gasteiger partial charge in [0.2, 0.25) is 0 Å². The van der Waals surface area contributed by atoms with Gasteiger partial charge in [-0.15, -0.1) is 0 Å². The van der Waals surface area contributed by atoms with Crippen molar-refractivity contribution in [3.05, 3.63) is 94.5 Å². The molecule has 0 saturated carbocycles. The molecule has 0 amide bonds. The van der Waals surface area contributed by atoms with E-state index in [1.54, 1.807) is 12.1 Å². The van der Waals surface area contributed by atoms with Crippen molar-refractivity contribution in [2.45, 2.75) is 9.92 Å². The first-order valence-corrected chi connectivity index (χ1v) is 10.3. The minimum absolute atomic E-state index is 0.423. The largest absolute Gasteiger partial charge is 0.227 e. The molecule has 0 saturated heterocycles. The zero-order chi connectivity index (χ0) is 20.2. The first kappa shape index (κ1) is 19.5. The van der Waals surface area contributed by atoms with Gasteiger partial charge in [-0.05, 0) is 36.4 Å². The van der Waals surface area contributed by atoms with Gasteiger partial charge in [0, 0.05) is 26.1 Å². The highest BCUT2D eigenvalue weighted by atomic mass is 35.5. The lowest BCUT2D eigenvalue weighted by molar-refractivity contribution is 1.04. The molecule has 0 bridgehead atoms. The molecule has 1 aromatic heterocycles. The van der Waals surface area contributed by atoms with E-state index >= 15 is 0 Å². The molecule has 4 aromatic rings. The van der Waals surface area contributed by atoms with Crippen LogP contribution in [0.5, 0.6) is 0 Å². The van der Waals surface area contributed by atoms with Crippen molar-refractivity contribution in [3.8, 4) is 28.7 Å². The van der Waals surface area contributed by atoms with E-state index in [-0.39, 0.29) is 0 Å². The van der Waals surface area contributed by atoms with E-state index in [1.165, 1.54) is 11.8 Å². The molecule has 0 atom stereocenters. The molecule has 0 spiro atoms. The lowest BCUT2D eigenvalue weighted by atomic mass is 10.1. The zero-order valence-corrected chi connectivity index (χ0v) is 17.3. The van der Waals surface area contributed by atoms with Crippen LogP contribution < -0.4 is 0 Å². The zero-order valence-electron chi connectivity index (χ0n) is 15.0. The summed E-state index contributed by atoms with van der Waals surface area (Å²) in [5.74, 6) is 0.561. The molecule has 29 heavy (non-hydrogen) atoms. The van der Waals surface area contributed by atoms with E-state index in [9.17, 15) is 5.26 Å². The molecule has 0 N–H and O–H groups in total. The van der Waals surface area contributed by atoms with Crippen molar-refractivity contribution in [3.63, 3.8) is 0 Å². The van der Waals surface area contributed by atoms with Gasteiger partial charge in [-0.2, -0.15) is 5.26 Å². The van der Waals surface area contributed by atoms with Crippen molar-refractivity contribution >= 4 is 35.0 Å². The minimum Gasteiger partial charge on any atom is -0.227 e. The molecule has 0 aliphatic carbocycles. The Labute approximate surface area is 183 Å². The van der Waals surface area contributed by atoms with Gasteiger partial charge in [0.15, 0.2) is 5.82 Å². The monoisotopic (exact) mass is 433 g/mol. The second-order valence-corrected chi connectivity index (χ2v) is 8.05. The van der Waals surface area contributed by atoms with E-state index < -0.39 is 0 Å². The Morgan fingerprint density at radius 3 is 1.97 bits per heavy atom. The number of nitriles is 1. The molecule has 0 fully saturated rings. The predicted octanol–water partition coefficient (Wildman–Crippen LogP) is 7.14. The van der Waals surface area contributed by atoms with E-state index in [1.807, 2.05) is 66.7 Å². The van der Waals surface area contributed by atoms with Crippen molar-refractivity contribution in [1.82, 2.24) is 9.97 Å². The average molecular weight is 434 g/mol. The smallest absolute Gasteiger partial charge is 0.161 e. The summed E-state index contributed by atoms with van der Waals surface area (Å²) in [5.41, 5.74) is 2.69. The fourth-order valence-electron chi connectivity index (χ4n) is 2.76. The number of hydrogen-bond acceptors (Lipinski definition) is 4. The molecule has 0 unspecified atom stereocenters. The summed E-state index contributed by atoms with van der Waals surface area (Å²) in [4.78, 5) is 10.4. The molecule has 0 aliphatic rings. The van der Waals surface area contributed by atoms with Crippen LogP contribution in [0.4, 0.5) is 0 Å². The molecule has 140 valence electrons. The van der Waals surface area contributed by atoms with Crippen LogP contribution in [0.3, 0.4) is 0 Å². The number of aromatic nitrogens is 2. The lowest BCUT2D eigenvalue weighted by Gasteiger charge is -2.11. The predicted molar refractivity (Wildman–Crippen MR) is 118 cm³/mol. The van der Waals surface area contributed by atoms with Gasteiger partial charge in [0.1, 0.15) is 16.7 Å². The first-order chi connectivity index (χ1) is 14.1. The molecule has 6 heteroatoms. The fourth-order valence-corrected chi connectivity index (χ4v) is 3.89. The Hall–Kier alpha value is -2.84. The summed E-state index contributed by atoms with van der Waals surface area (Å²) < 4.78 is 0. The molecular weight excluding hydrogens is 421 g/mol. The van der Waals surface area contributed by atoms with Crippen molar-refractivity contribution in [2.75, 3.05) is 0 Å². The van der Waals surface area contributed by atoms with Crippen molar-refractivity contribution < 1.29 is 0 Å². The van der Waals surface area contributed by atoms with Crippen LogP contribution in [-0.2, 0) is 0 Å². The van der Waals surface area contributed by atoms with Gasteiger partial charge < -0.3 is 0 Å². The number of benzene rings is 3. The van der Waals surface area contributed by atoms with Crippen LogP contribution in [0.25, 0.3) is 22.6 Å². The number of rotatable bonds is 4. The Bertz CT molecular complexity index is 1190. The van der Waals surface area contributed by atoms with Crippen LogP contribution >= 0.6 is 35.0 Å². The Morgan fingerprint density at radius 2 is 1.34 bits per heavy atom. The second-order valence-electron chi connectivity index (χ2n) is 6.12. The van der Waals surface area contributed by atoms with Crippen molar-refractivity contribution in [1.29, 1.82) is 5.26 Å². The maximum Gasteiger partial charge on any atom is 0.161 e. The standard InChI is InChI=1S/C23H13Cl2N3S/c24-17-8-6-15(7-9-17)21-20(14-26)23(29-19-12-10-18(25)11-13-19)28-22(27-21)16-4-2-1-3-5-16/h1-13H. The third-order valence-electron chi connectivity index (χ3n) is 4.17. The van der Waals surface area contributed by atoms with E-state index in [0.29, 0.717) is 32.2 Å². The average Bonchev–Trinajstić information content (AvgIpc) is 2.76. The molecule has 4 rings (SSSR count). The van der Waals surface area contributed by atoms with Crippen LogP contribution in [0.2, 0.25) is 10.0 Å². The number of hydrogen-bond donors (Lipinski definition) is 0. The fraction of sp³-hybridized carbons (Fsp3) is 0. The van der Waals surface area contributed by atoms with Gasteiger partial charge in [-0.25, -0.2) is 9.97 Å². The van der Waals surface area contributed by atoms with Crippen LogP contribution in [0, 0.1) is 11.3 Å². The summed E-state index contributed by atoms with van der Waals surface area (Å²) in [5, 5.41) is 11.8. The molecule has 0 aliphatic heterocycles. The van der Waals surface area contributed by atoms with E-state index in [0.717, 1.165) is 16.0 Å². The van der Waals surface area contributed by atoms with Gasteiger partial charge in [-0.3, -0.25) is 0 Å². The third kappa shape index (κ3) is 4.44. The van der Waals surface area contributed by atoms with Crippen LogP contribution in [0.15, 0.2) is 88.8 Å². The maximum absolute atomic E-state index is 9.91. The summed E-state index contributed by atoms with van der Waals surface area (Å²) in [6.07, 6.45) is 0. The number of nitrogens with zero attached hydrogens (tertiary/aromatic N) is 3. The third-order valence-corrected chi connectivity index (χ3v) is 5.67. The molecule has 3 nitrogen and oxygen atoms in total. The Morgan fingerprint density at radius 1 is 0.724 bits per heavy atom. The van der Waals surface area contributed by atoms with Gasteiger partial charge in [0.25, 0.3) is 0 Å². The molecular formula is C23H13Cl2N3S. The first-order valence-electron chi connectivity index (χ1n) is 8.71. The SMILES string of the molecule is N#Cc1c(Sc2ccc(Cl)cc2)nc(-c2ccccc2)nc1-c1ccc(Cl)cc1. The maximum atomic E-state index is 9.91. The van der Waals surface area contributed by atoms with Gasteiger partial charge >= 0.3 is 0 Å². The van der Waals surface area contributed by atoms with Crippen molar-refractivity contribution in [2.24, 2.45) is 0 Å². The van der Waals surface area contributed by atoms with Gasteiger partial charge in [-0.1, -0.05) is 77.4 Å². The normalized spacial score (nSPS) is 10.5. The highest BCUT2D eigenvalue weighted by Gasteiger charge is 2.18. The van der Waals surface area contributed by atoms with Crippen LogP contribution in [-0.4, -0.2) is 9.97 Å². The quantitative estimate of drug-likeness (QED) is 0.320. The summed E-state index contributed by atoms with van der Waals surface area (Å²) >= 11 is 13.4. The topological polar surface area (TPSA) is 49.6 Å². The van der Waals surface area contributed by atoms with Gasteiger partial charge in [0.05, 0.1) is 5.69 Å². The number of halogens is 2. The summed E-state index contributed by atoms with van der Waals surface area (Å²) in [7, 11) is 0. The summed E-state index contributed by atoms with van der Waals surface area (Å²) in [6, 6.07) is 26.7. The lowest BCUT2D eigenvalue weighted by Crippen LogP contribution is -2.00. The van der Waals surface area contributed by atoms with E-state index in [2.05, 4.69) is 6.07 Å².